The van der Waals surface area contributed by atoms with Gasteiger partial charge in [-0.1, -0.05) is 0 Å². The van der Waals surface area contributed by atoms with Crippen LogP contribution in [0.1, 0.15) is 6.92 Å². The average Bonchev–Trinajstić information content (AvgIpc) is 2.66. The summed E-state index contributed by atoms with van der Waals surface area (Å²) in [5.41, 5.74) is 0. The number of hydrogen-bond acceptors (Lipinski definition) is 3. The van der Waals surface area contributed by atoms with Crippen molar-refractivity contribution in [1.82, 2.24) is 14.7 Å². The minimum absolute atomic E-state index is 0.0775. The number of nitrogens with zero attached hydrogens (tertiary/aromatic N) is 3. The van der Waals surface area contributed by atoms with Gasteiger partial charge in [0.2, 0.25) is 5.91 Å². The molecule has 1 heterocycles. The molecule has 6 nitrogen and oxygen atoms in total. The van der Waals surface area contributed by atoms with Gasteiger partial charge in [0.05, 0.1) is 0 Å². The summed E-state index contributed by atoms with van der Waals surface area (Å²) in [5, 5.41) is 12.4. The van der Waals surface area contributed by atoms with Gasteiger partial charge in [-0.3, -0.25) is 14.3 Å². The van der Waals surface area contributed by atoms with Crippen LogP contribution in [0, 0.1) is 0 Å². The largest absolute Gasteiger partial charge is 0.480 e. The van der Waals surface area contributed by atoms with Crippen molar-refractivity contribution >= 4 is 11.9 Å². The quantitative estimate of drug-likeness (QED) is 0.732. The fourth-order valence-electron chi connectivity index (χ4n) is 1.17. The minimum atomic E-state index is -1.01. The number of rotatable bonds is 5. The molecule has 1 aromatic heterocycles. The molecular formula is C9H13N3O3. The molecule has 0 aromatic carbocycles. The number of carbonyl (C=O) groups excluding carboxylic acids is 1. The molecule has 1 N–H and O–H groups in total. The number of aromatic nitrogens is 2. The van der Waals surface area contributed by atoms with Gasteiger partial charge in [-0.15, -0.1) is 0 Å². The number of amides is 1. The Bertz CT molecular complexity index is 334. The summed E-state index contributed by atoms with van der Waals surface area (Å²) in [7, 11) is 0. The van der Waals surface area contributed by atoms with Crippen LogP contribution in [-0.2, 0) is 16.1 Å². The van der Waals surface area contributed by atoms with Crippen molar-refractivity contribution in [2.75, 3.05) is 13.1 Å². The summed E-state index contributed by atoms with van der Waals surface area (Å²) in [4.78, 5) is 23.3. The molecule has 15 heavy (non-hydrogen) atoms. The van der Waals surface area contributed by atoms with E-state index in [0.717, 1.165) is 0 Å². The van der Waals surface area contributed by atoms with Gasteiger partial charge in [0, 0.05) is 18.9 Å². The Kier molecular flexibility index (Phi) is 3.84. The van der Waals surface area contributed by atoms with E-state index in [1.807, 2.05) is 0 Å². The second-order valence-corrected chi connectivity index (χ2v) is 3.01. The fraction of sp³-hybridized carbons (Fsp3) is 0.444. The Hall–Kier alpha value is -1.85. The van der Waals surface area contributed by atoms with E-state index >= 15 is 0 Å². The Morgan fingerprint density at radius 3 is 2.73 bits per heavy atom. The van der Waals surface area contributed by atoms with Gasteiger partial charge in [0.15, 0.2) is 0 Å². The molecule has 0 radical (unpaired) electrons. The molecule has 0 aliphatic heterocycles. The van der Waals surface area contributed by atoms with E-state index in [4.69, 9.17) is 5.11 Å². The molecule has 0 spiro atoms. The van der Waals surface area contributed by atoms with Crippen molar-refractivity contribution in [3.63, 3.8) is 0 Å². The van der Waals surface area contributed by atoms with Crippen LogP contribution >= 0.6 is 0 Å². The molecular weight excluding hydrogens is 198 g/mol. The maximum atomic E-state index is 11.6. The first-order chi connectivity index (χ1) is 7.13. The lowest BCUT2D eigenvalue weighted by atomic mass is 10.4. The zero-order valence-corrected chi connectivity index (χ0v) is 8.46. The molecule has 0 atom stereocenters. The topological polar surface area (TPSA) is 75.4 Å². The third-order valence-corrected chi connectivity index (χ3v) is 1.92. The van der Waals surface area contributed by atoms with Crippen molar-refractivity contribution in [2.24, 2.45) is 0 Å². The van der Waals surface area contributed by atoms with Crippen molar-refractivity contribution in [2.45, 2.75) is 13.5 Å². The number of likely N-dealkylation sites (N-methyl/N-ethyl adjacent to an activating group) is 1. The zero-order valence-electron chi connectivity index (χ0n) is 8.46. The number of aliphatic carboxylic acids is 1. The normalized spacial score (nSPS) is 9.93. The summed E-state index contributed by atoms with van der Waals surface area (Å²) in [6, 6.07) is 1.71. The van der Waals surface area contributed by atoms with Crippen molar-refractivity contribution in [3.05, 3.63) is 18.5 Å². The highest BCUT2D eigenvalue weighted by atomic mass is 16.4. The Labute approximate surface area is 87.1 Å². The molecule has 82 valence electrons. The van der Waals surface area contributed by atoms with Gasteiger partial charge >= 0.3 is 5.97 Å². The van der Waals surface area contributed by atoms with E-state index < -0.39 is 5.97 Å². The molecule has 6 heteroatoms. The standard InChI is InChI=1S/C9H13N3O3/c1-2-11(7-9(14)15)8(13)6-12-5-3-4-10-12/h3-5H,2,6-7H2,1H3,(H,14,15). The molecule has 1 amide bonds. The van der Waals surface area contributed by atoms with E-state index in [0.29, 0.717) is 6.54 Å². The van der Waals surface area contributed by atoms with E-state index in [-0.39, 0.29) is 19.0 Å². The summed E-state index contributed by atoms with van der Waals surface area (Å²) in [5.74, 6) is -1.26. The third kappa shape index (κ3) is 3.41. The molecule has 0 saturated carbocycles. The summed E-state index contributed by atoms with van der Waals surface area (Å²) < 4.78 is 1.47. The van der Waals surface area contributed by atoms with Crippen LogP contribution < -0.4 is 0 Å². The van der Waals surface area contributed by atoms with Gasteiger partial charge in [0.25, 0.3) is 0 Å². The first-order valence-electron chi connectivity index (χ1n) is 4.60. The number of carbonyl (C=O) groups is 2. The first-order valence-corrected chi connectivity index (χ1v) is 4.60. The van der Waals surface area contributed by atoms with Crippen molar-refractivity contribution < 1.29 is 14.7 Å². The van der Waals surface area contributed by atoms with Gasteiger partial charge in [-0.2, -0.15) is 5.10 Å². The summed E-state index contributed by atoms with van der Waals surface area (Å²) in [6.45, 7) is 1.93. The predicted molar refractivity (Wildman–Crippen MR) is 52.1 cm³/mol. The van der Waals surface area contributed by atoms with Crippen LogP contribution in [-0.4, -0.2) is 44.8 Å². The highest BCUT2D eigenvalue weighted by molar-refractivity contribution is 5.81. The van der Waals surface area contributed by atoms with E-state index in [1.165, 1.54) is 9.58 Å². The lowest BCUT2D eigenvalue weighted by Gasteiger charge is -2.18. The molecule has 0 fully saturated rings. The zero-order chi connectivity index (χ0) is 11.3. The van der Waals surface area contributed by atoms with Crippen LogP contribution in [0.25, 0.3) is 0 Å². The number of hydrogen-bond donors (Lipinski definition) is 1. The SMILES string of the molecule is CCN(CC(=O)O)C(=O)Cn1cccn1. The van der Waals surface area contributed by atoms with E-state index in [9.17, 15) is 9.59 Å². The van der Waals surface area contributed by atoms with Crippen molar-refractivity contribution in [3.8, 4) is 0 Å². The first kappa shape index (κ1) is 11.2. The predicted octanol–water partition coefficient (Wildman–Crippen LogP) is -0.184. The molecule has 1 rings (SSSR count). The maximum absolute atomic E-state index is 11.6. The van der Waals surface area contributed by atoms with Crippen LogP contribution in [0.15, 0.2) is 18.5 Å². The molecule has 0 aliphatic carbocycles. The molecule has 0 unspecified atom stereocenters. The van der Waals surface area contributed by atoms with Crippen LogP contribution in [0.5, 0.6) is 0 Å². The summed E-state index contributed by atoms with van der Waals surface area (Å²) >= 11 is 0. The van der Waals surface area contributed by atoms with Gasteiger partial charge in [-0.25, -0.2) is 0 Å². The molecule has 0 saturated heterocycles. The van der Waals surface area contributed by atoms with Gasteiger partial charge < -0.3 is 10.0 Å². The minimum Gasteiger partial charge on any atom is -0.480 e. The average molecular weight is 211 g/mol. The highest BCUT2D eigenvalue weighted by Gasteiger charge is 2.14. The number of carboxylic acid groups (broad SMARTS) is 1. The molecule has 1 aromatic rings. The summed E-state index contributed by atoms with van der Waals surface area (Å²) in [6.07, 6.45) is 3.23. The maximum Gasteiger partial charge on any atom is 0.323 e. The van der Waals surface area contributed by atoms with Crippen molar-refractivity contribution in [1.29, 1.82) is 0 Å². The van der Waals surface area contributed by atoms with Crippen LogP contribution in [0.3, 0.4) is 0 Å². The molecule has 0 aliphatic rings. The smallest absolute Gasteiger partial charge is 0.323 e. The second-order valence-electron chi connectivity index (χ2n) is 3.01. The van der Waals surface area contributed by atoms with Gasteiger partial charge in [0.1, 0.15) is 13.1 Å². The Balaban J connectivity index is 2.54. The number of carboxylic acids is 1. The Morgan fingerprint density at radius 1 is 1.53 bits per heavy atom. The third-order valence-electron chi connectivity index (χ3n) is 1.92. The lowest BCUT2D eigenvalue weighted by molar-refractivity contribution is -0.144. The van der Waals surface area contributed by atoms with E-state index in [2.05, 4.69) is 5.10 Å². The monoisotopic (exact) mass is 211 g/mol. The van der Waals surface area contributed by atoms with Gasteiger partial charge in [-0.05, 0) is 13.0 Å². The highest BCUT2D eigenvalue weighted by Crippen LogP contribution is 1.93. The second kappa shape index (κ2) is 5.14. The van der Waals surface area contributed by atoms with Crippen LogP contribution in [0.4, 0.5) is 0 Å². The fourth-order valence-corrected chi connectivity index (χ4v) is 1.17. The van der Waals surface area contributed by atoms with Crippen LogP contribution in [0.2, 0.25) is 0 Å². The lowest BCUT2D eigenvalue weighted by Crippen LogP contribution is -2.37. The Morgan fingerprint density at radius 2 is 2.27 bits per heavy atom. The van der Waals surface area contributed by atoms with E-state index in [1.54, 1.807) is 25.4 Å². The molecule has 0 bridgehead atoms.